The highest BCUT2D eigenvalue weighted by molar-refractivity contribution is 5.17. The summed E-state index contributed by atoms with van der Waals surface area (Å²) in [6.07, 6.45) is 12.8. The van der Waals surface area contributed by atoms with Crippen molar-refractivity contribution in [1.29, 1.82) is 0 Å². The molecule has 0 aromatic rings. The average Bonchev–Trinajstić information content (AvgIpc) is 2.65. The minimum absolute atomic E-state index is 0.557. The van der Waals surface area contributed by atoms with Crippen molar-refractivity contribution in [3.8, 4) is 0 Å². The first kappa shape index (κ1) is 12.4. The molecule has 0 aromatic carbocycles. The molecule has 100 valence electrons. The molecule has 0 saturated carbocycles. The third kappa shape index (κ3) is 2.86. The minimum atomic E-state index is 0.557. The first-order chi connectivity index (χ1) is 8.69. The lowest BCUT2D eigenvalue weighted by molar-refractivity contribution is 0.425. The summed E-state index contributed by atoms with van der Waals surface area (Å²) in [5, 5.41) is 7.38. The molecular formula is C16H26N2. The van der Waals surface area contributed by atoms with Crippen LogP contribution < -0.4 is 10.6 Å². The molecule has 1 saturated heterocycles. The zero-order valence-electron chi connectivity index (χ0n) is 11.7. The number of nitrogens with one attached hydrogen (secondary N) is 2. The lowest BCUT2D eigenvalue weighted by Crippen LogP contribution is -2.39. The molecule has 1 fully saturated rings. The van der Waals surface area contributed by atoms with Gasteiger partial charge in [-0.2, -0.15) is 0 Å². The minimum Gasteiger partial charge on any atom is -0.308 e. The summed E-state index contributed by atoms with van der Waals surface area (Å²) in [7, 11) is 0. The maximum atomic E-state index is 3.71. The Hall–Kier alpha value is -0.600. The molecule has 4 atom stereocenters. The highest BCUT2D eigenvalue weighted by Crippen LogP contribution is 2.29. The van der Waals surface area contributed by atoms with Crippen LogP contribution in [0.15, 0.2) is 23.3 Å². The van der Waals surface area contributed by atoms with E-state index in [4.69, 9.17) is 0 Å². The van der Waals surface area contributed by atoms with E-state index in [9.17, 15) is 0 Å². The van der Waals surface area contributed by atoms with Gasteiger partial charge in [0.05, 0.1) is 0 Å². The van der Waals surface area contributed by atoms with Crippen LogP contribution in [0.25, 0.3) is 0 Å². The third-order valence-electron chi connectivity index (χ3n) is 4.64. The SMILES string of the molecule is CC1=C[C@@H](C)N[C@H](CCC2=CC3CCC(C2)N3)C1. The second-order valence-electron chi connectivity index (χ2n) is 6.48. The fourth-order valence-corrected chi connectivity index (χ4v) is 3.90. The van der Waals surface area contributed by atoms with Crippen molar-refractivity contribution in [1.82, 2.24) is 10.6 Å². The van der Waals surface area contributed by atoms with Gasteiger partial charge in [-0.3, -0.25) is 0 Å². The van der Waals surface area contributed by atoms with Crippen LogP contribution in [0.3, 0.4) is 0 Å². The molecule has 2 bridgehead atoms. The summed E-state index contributed by atoms with van der Waals surface area (Å²) in [5.74, 6) is 0. The Balaban J connectivity index is 1.51. The molecule has 0 amide bonds. The molecule has 18 heavy (non-hydrogen) atoms. The van der Waals surface area contributed by atoms with E-state index in [0.717, 1.165) is 6.04 Å². The van der Waals surface area contributed by atoms with Gasteiger partial charge in [0.15, 0.2) is 0 Å². The van der Waals surface area contributed by atoms with Gasteiger partial charge in [0, 0.05) is 24.2 Å². The fourth-order valence-electron chi connectivity index (χ4n) is 3.90. The number of hydrogen-bond acceptors (Lipinski definition) is 2. The van der Waals surface area contributed by atoms with E-state index >= 15 is 0 Å². The van der Waals surface area contributed by atoms with Crippen LogP contribution in [0, 0.1) is 0 Å². The number of fused-ring (bicyclic) bond motifs is 2. The van der Waals surface area contributed by atoms with Crippen LogP contribution >= 0.6 is 0 Å². The van der Waals surface area contributed by atoms with Gasteiger partial charge in [-0.1, -0.05) is 23.3 Å². The van der Waals surface area contributed by atoms with Crippen molar-refractivity contribution in [2.24, 2.45) is 0 Å². The lowest BCUT2D eigenvalue weighted by atomic mass is 9.92. The maximum Gasteiger partial charge on any atom is 0.0255 e. The summed E-state index contributed by atoms with van der Waals surface area (Å²) in [4.78, 5) is 0. The molecule has 3 aliphatic heterocycles. The molecule has 3 rings (SSSR count). The molecule has 3 aliphatic rings. The van der Waals surface area contributed by atoms with E-state index in [0.29, 0.717) is 18.1 Å². The molecule has 0 aliphatic carbocycles. The summed E-state index contributed by atoms with van der Waals surface area (Å²) in [5.41, 5.74) is 3.27. The summed E-state index contributed by atoms with van der Waals surface area (Å²) in [6.45, 7) is 4.54. The number of hydrogen-bond donors (Lipinski definition) is 2. The second-order valence-corrected chi connectivity index (χ2v) is 6.48. The van der Waals surface area contributed by atoms with E-state index in [1.54, 1.807) is 11.1 Å². The Morgan fingerprint density at radius 2 is 2.06 bits per heavy atom. The highest BCUT2D eigenvalue weighted by Gasteiger charge is 2.28. The predicted molar refractivity (Wildman–Crippen MR) is 76.6 cm³/mol. The van der Waals surface area contributed by atoms with Gasteiger partial charge in [0.2, 0.25) is 0 Å². The maximum absolute atomic E-state index is 3.71. The van der Waals surface area contributed by atoms with Crippen molar-refractivity contribution >= 4 is 0 Å². The van der Waals surface area contributed by atoms with Crippen molar-refractivity contribution in [3.63, 3.8) is 0 Å². The summed E-state index contributed by atoms with van der Waals surface area (Å²) >= 11 is 0. The quantitative estimate of drug-likeness (QED) is 0.748. The molecule has 0 aromatic heterocycles. The fraction of sp³-hybridized carbons (Fsp3) is 0.750. The first-order valence-electron chi connectivity index (χ1n) is 7.58. The molecule has 2 N–H and O–H groups in total. The molecule has 2 nitrogen and oxygen atoms in total. The molecule has 2 heteroatoms. The van der Waals surface area contributed by atoms with Crippen molar-refractivity contribution in [2.75, 3.05) is 0 Å². The molecular weight excluding hydrogens is 220 g/mol. The van der Waals surface area contributed by atoms with Crippen molar-refractivity contribution in [3.05, 3.63) is 23.3 Å². The monoisotopic (exact) mass is 246 g/mol. The van der Waals surface area contributed by atoms with Gasteiger partial charge in [-0.15, -0.1) is 0 Å². The van der Waals surface area contributed by atoms with Gasteiger partial charge >= 0.3 is 0 Å². The van der Waals surface area contributed by atoms with E-state index in [2.05, 4.69) is 36.6 Å². The van der Waals surface area contributed by atoms with Crippen LogP contribution in [0.2, 0.25) is 0 Å². The van der Waals surface area contributed by atoms with E-state index < -0.39 is 0 Å². The van der Waals surface area contributed by atoms with Crippen LogP contribution in [0.4, 0.5) is 0 Å². The summed E-state index contributed by atoms with van der Waals surface area (Å²) in [6, 6.07) is 2.73. The summed E-state index contributed by atoms with van der Waals surface area (Å²) < 4.78 is 0. The van der Waals surface area contributed by atoms with Gasteiger partial charge in [-0.25, -0.2) is 0 Å². The normalized spacial score (nSPS) is 39.4. The van der Waals surface area contributed by atoms with Crippen molar-refractivity contribution < 1.29 is 0 Å². The van der Waals surface area contributed by atoms with E-state index in [-0.39, 0.29) is 0 Å². The molecule has 0 radical (unpaired) electrons. The van der Waals surface area contributed by atoms with Gasteiger partial charge in [0.1, 0.15) is 0 Å². The zero-order chi connectivity index (χ0) is 12.5. The largest absolute Gasteiger partial charge is 0.308 e. The molecule has 3 heterocycles. The van der Waals surface area contributed by atoms with Crippen LogP contribution in [-0.4, -0.2) is 24.2 Å². The Kier molecular flexibility index (Phi) is 3.58. The third-order valence-corrected chi connectivity index (χ3v) is 4.64. The zero-order valence-corrected chi connectivity index (χ0v) is 11.7. The standard InChI is InChI=1S/C16H26N2/c1-11-7-12(2)17-14(8-11)4-3-13-9-15-5-6-16(10-13)18-15/h7,9,12,14-18H,3-6,8,10H2,1-2H3/t12-,14-,15?,16?/m1/s1. The smallest absolute Gasteiger partial charge is 0.0255 e. The Morgan fingerprint density at radius 3 is 2.83 bits per heavy atom. The molecule has 0 spiro atoms. The topological polar surface area (TPSA) is 24.1 Å². The second kappa shape index (κ2) is 5.18. The number of rotatable bonds is 3. The van der Waals surface area contributed by atoms with E-state index in [1.165, 1.54) is 38.5 Å². The highest BCUT2D eigenvalue weighted by atomic mass is 15.0. The van der Waals surface area contributed by atoms with Crippen LogP contribution in [0.1, 0.15) is 52.4 Å². The van der Waals surface area contributed by atoms with Crippen molar-refractivity contribution in [2.45, 2.75) is 76.5 Å². The van der Waals surface area contributed by atoms with Gasteiger partial charge in [-0.05, 0) is 52.4 Å². The Morgan fingerprint density at radius 1 is 1.17 bits per heavy atom. The average molecular weight is 246 g/mol. The van der Waals surface area contributed by atoms with Gasteiger partial charge in [0.25, 0.3) is 0 Å². The van der Waals surface area contributed by atoms with Crippen LogP contribution in [-0.2, 0) is 0 Å². The Bertz CT molecular complexity index is 369. The predicted octanol–water partition coefficient (Wildman–Crippen LogP) is 2.91. The van der Waals surface area contributed by atoms with Gasteiger partial charge < -0.3 is 10.6 Å². The Labute approximate surface area is 111 Å². The van der Waals surface area contributed by atoms with E-state index in [1.807, 2.05) is 0 Å². The lowest BCUT2D eigenvalue weighted by Gasteiger charge is -2.29. The first-order valence-corrected chi connectivity index (χ1v) is 7.58. The van der Waals surface area contributed by atoms with Crippen LogP contribution in [0.5, 0.6) is 0 Å². The molecule has 2 unspecified atom stereocenters.